The highest BCUT2D eigenvalue weighted by molar-refractivity contribution is 8.00. The number of carbonyl (C=O) groups excluding carboxylic acids is 1. The fourth-order valence-electron chi connectivity index (χ4n) is 1.33. The molecule has 20 heavy (non-hydrogen) atoms. The third-order valence-corrected chi connectivity index (χ3v) is 4.14. The quantitative estimate of drug-likeness (QED) is 0.856. The zero-order valence-electron chi connectivity index (χ0n) is 11.0. The predicted octanol–water partition coefficient (Wildman–Crippen LogP) is 3.02. The van der Waals surface area contributed by atoms with E-state index in [1.54, 1.807) is 36.0 Å². The molecule has 6 nitrogen and oxygen atoms in total. The maximum Gasteiger partial charge on any atom is 0.411 e. The van der Waals surface area contributed by atoms with Crippen LogP contribution in [0.5, 0.6) is 5.75 Å². The van der Waals surface area contributed by atoms with Crippen molar-refractivity contribution < 1.29 is 14.3 Å². The fraction of sp³-hybridized carbons (Fsp3) is 0.250. The van der Waals surface area contributed by atoms with E-state index in [-0.39, 0.29) is 0 Å². The SMILES string of the molecule is COC(=O)Nc1ccc(OCc2nnc(SC)s2)cc1. The van der Waals surface area contributed by atoms with Gasteiger partial charge in [0.05, 0.1) is 7.11 Å². The van der Waals surface area contributed by atoms with Crippen LogP contribution < -0.4 is 10.1 Å². The van der Waals surface area contributed by atoms with E-state index in [2.05, 4.69) is 20.3 Å². The van der Waals surface area contributed by atoms with Gasteiger partial charge in [0.25, 0.3) is 0 Å². The van der Waals surface area contributed by atoms with Crippen molar-refractivity contribution in [3.63, 3.8) is 0 Å². The number of carbonyl (C=O) groups is 1. The lowest BCUT2D eigenvalue weighted by Gasteiger charge is -2.06. The molecule has 0 saturated heterocycles. The van der Waals surface area contributed by atoms with Crippen molar-refractivity contribution in [3.8, 4) is 5.75 Å². The number of benzene rings is 1. The van der Waals surface area contributed by atoms with E-state index < -0.39 is 6.09 Å². The second kappa shape index (κ2) is 7.11. The molecule has 0 aliphatic heterocycles. The van der Waals surface area contributed by atoms with Crippen LogP contribution in [0.15, 0.2) is 28.6 Å². The van der Waals surface area contributed by atoms with Crippen molar-refractivity contribution in [1.29, 1.82) is 0 Å². The molecule has 1 N–H and O–H groups in total. The second-order valence-corrected chi connectivity index (χ2v) is 5.71. The molecule has 1 amide bonds. The molecule has 8 heteroatoms. The third-order valence-electron chi connectivity index (χ3n) is 2.27. The van der Waals surface area contributed by atoms with E-state index in [1.807, 2.05) is 6.26 Å². The molecule has 1 aromatic carbocycles. The molecule has 0 radical (unpaired) electrons. The summed E-state index contributed by atoms with van der Waals surface area (Å²) in [4.78, 5) is 11.0. The maximum absolute atomic E-state index is 11.0. The van der Waals surface area contributed by atoms with Crippen LogP contribution in [-0.4, -0.2) is 29.7 Å². The molecule has 2 aromatic rings. The summed E-state index contributed by atoms with van der Waals surface area (Å²) in [7, 11) is 1.32. The van der Waals surface area contributed by atoms with Crippen molar-refractivity contribution in [1.82, 2.24) is 10.2 Å². The van der Waals surface area contributed by atoms with Crippen LogP contribution in [0.3, 0.4) is 0 Å². The largest absolute Gasteiger partial charge is 0.486 e. The van der Waals surface area contributed by atoms with Gasteiger partial charge < -0.3 is 9.47 Å². The number of nitrogens with zero attached hydrogens (tertiary/aromatic N) is 2. The molecule has 0 bridgehead atoms. The highest BCUT2D eigenvalue weighted by Crippen LogP contribution is 2.21. The molecular weight excluding hydrogens is 298 g/mol. The van der Waals surface area contributed by atoms with Crippen LogP contribution in [0.2, 0.25) is 0 Å². The van der Waals surface area contributed by atoms with Crippen molar-refractivity contribution in [2.45, 2.75) is 10.9 Å². The lowest BCUT2D eigenvalue weighted by atomic mass is 10.3. The molecule has 2 rings (SSSR count). The summed E-state index contributed by atoms with van der Waals surface area (Å²) in [6.07, 6.45) is 1.45. The topological polar surface area (TPSA) is 73.3 Å². The highest BCUT2D eigenvalue weighted by atomic mass is 32.2. The molecule has 0 aliphatic carbocycles. The van der Waals surface area contributed by atoms with Gasteiger partial charge in [-0.25, -0.2) is 4.79 Å². The van der Waals surface area contributed by atoms with Crippen LogP contribution in [-0.2, 0) is 11.3 Å². The van der Waals surface area contributed by atoms with Gasteiger partial charge in [0.15, 0.2) is 9.35 Å². The van der Waals surface area contributed by atoms with Gasteiger partial charge in [-0.1, -0.05) is 23.1 Å². The summed E-state index contributed by atoms with van der Waals surface area (Å²) in [6, 6.07) is 7.00. The van der Waals surface area contributed by atoms with Gasteiger partial charge in [-0.3, -0.25) is 5.32 Å². The molecule has 0 atom stereocenters. The Bertz CT molecular complexity index is 572. The minimum Gasteiger partial charge on any atom is -0.486 e. The second-order valence-electron chi connectivity index (χ2n) is 3.60. The van der Waals surface area contributed by atoms with E-state index in [9.17, 15) is 4.79 Å². The number of anilines is 1. The lowest BCUT2D eigenvalue weighted by Crippen LogP contribution is -2.10. The molecule has 0 unspecified atom stereocenters. The Morgan fingerprint density at radius 1 is 1.35 bits per heavy atom. The molecule has 0 fully saturated rings. The first-order valence-corrected chi connectivity index (χ1v) is 7.69. The normalized spacial score (nSPS) is 10.1. The number of methoxy groups -OCH3 is 1. The van der Waals surface area contributed by atoms with Crippen molar-refractivity contribution in [2.75, 3.05) is 18.7 Å². The molecule has 106 valence electrons. The standard InChI is InChI=1S/C12H13N3O3S2/c1-17-11(16)13-8-3-5-9(6-4-8)18-7-10-14-15-12(19-2)20-10/h3-6H,7H2,1-2H3,(H,13,16). The van der Waals surface area contributed by atoms with Crippen LogP contribution in [0.25, 0.3) is 0 Å². The molecule has 0 saturated carbocycles. The Labute approximate surface area is 124 Å². The van der Waals surface area contributed by atoms with Gasteiger partial charge in [-0.05, 0) is 30.5 Å². The molecule has 1 aromatic heterocycles. The molecular formula is C12H13N3O3S2. The van der Waals surface area contributed by atoms with Gasteiger partial charge in [0, 0.05) is 5.69 Å². The van der Waals surface area contributed by atoms with Gasteiger partial charge in [-0.15, -0.1) is 10.2 Å². The number of amides is 1. The number of thioether (sulfide) groups is 1. The first-order valence-electron chi connectivity index (χ1n) is 5.65. The Morgan fingerprint density at radius 3 is 2.70 bits per heavy atom. The minimum absolute atomic E-state index is 0.377. The molecule has 0 spiro atoms. The third kappa shape index (κ3) is 4.10. The fourth-order valence-corrected chi connectivity index (χ4v) is 2.55. The smallest absolute Gasteiger partial charge is 0.411 e. The van der Waals surface area contributed by atoms with E-state index in [1.165, 1.54) is 18.4 Å². The average Bonchev–Trinajstić information content (AvgIpc) is 2.94. The minimum atomic E-state index is -0.503. The first kappa shape index (κ1) is 14.6. The van der Waals surface area contributed by atoms with Gasteiger partial charge in [0.2, 0.25) is 0 Å². The summed E-state index contributed by atoms with van der Waals surface area (Å²) in [5, 5.41) is 11.4. The van der Waals surface area contributed by atoms with Gasteiger partial charge >= 0.3 is 6.09 Å². The molecule has 1 heterocycles. The van der Waals surface area contributed by atoms with E-state index in [4.69, 9.17) is 4.74 Å². The Kier molecular flexibility index (Phi) is 5.19. The summed E-state index contributed by atoms with van der Waals surface area (Å²) in [5.74, 6) is 0.696. The number of rotatable bonds is 5. The Morgan fingerprint density at radius 2 is 2.10 bits per heavy atom. The van der Waals surface area contributed by atoms with Gasteiger partial charge in [-0.2, -0.15) is 0 Å². The highest BCUT2D eigenvalue weighted by Gasteiger charge is 2.04. The summed E-state index contributed by atoms with van der Waals surface area (Å²) >= 11 is 3.07. The summed E-state index contributed by atoms with van der Waals surface area (Å²) in [6.45, 7) is 0.377. The number of nitrogens with one attached hydrogen (secondary N) is 1. The predicted molar refractivity (Wildman–Crippen MR) is 78.5 cm³/mol. The summed E-state index contributed by atoms with van der Waals surface area (Å²) in [5.41, 5.74) is 0.643. The number of hydrogen-bond donors (Lipinski definition) is 1. The zero-order chi connectivity index (χ0) is 14.4. The Balaban J connectivity index is 1.88. The maximum atomic E-state index is 11.0. The van der Waals surface area contributed by atoms with Crippen LogP contribution >= 0.6 is 23.1 Å². The van der Waals surface area contributed by atoms with Crippen LogP contribution in [0, 0.1) is 0 Å². The molecule has 0 aliphatic rings. The van der Waals surface area contributed by atoms with E-state index in [0.29, 0.717) is 18.0 Å². The summed E-state index contributed by atoms with van der Waals surface area (Å²) < 4.78 is 11.0. The number of aromatic nitrogens is 2. The monoisotopic (exact) mass is 311 g/mol. The zero-order valence-corrected chi connectivity index (χ0v) is 12.6. The first-order chi connectivity index (χ1) is 9.71. The lowest BCUT2D eigenvalue weighted by molar-refractivity contribution is 0.187. The Hall–Kier alpha value is -1.80. The average molecular weight is 311 g/mol. The number of ether oxygens (including phenoxy) is 2. The van der Waals surface area contributed by atoms with Crippen molar-refractivity contribution >= 4 is 34.9 Å². The van der Waals surface area contributed by atoms with Crippen molar-refractivity contribution in [3.05, 3.63) is 29.3 Å². The van der Waals surface area contributed by atoms with Crippen molar-refractivity contribution in [2.24, 2.45) is 0 Å². The van der Waals surface area contributed by atoms with E-state index in [0.717, 1.165) is 9.35 Å². The van der Waals surface area contributed by atoms with E-state index >= 15 is 0 Å². The van der Waals surface area contributed by atoms with Gasteiger partial charge in [0.1, 0.15) is 12.4 Å². The number of hydrogen-bond acceptors (Lipinski definition) is 7. The van der Waals surface area contributed by atoms with Crippen LogP contribution in [0.1, 0.15) is 5.01 Å². The van der Waals surface area contributed by atoms with Crippen LogP contribution in [0.4, 0.5) is 10.5 Å².